The molecule has 1 aromatic heterocycles. The van der Waals surface area contributed by atoms with Crippen LogP contribution in [0.1, 0.15) is 15.9 Å². The summed E-state index contributed by atoms with van der Waals surface area (Å²) >= 11 is 1.67. The van der Waals surface area contributed by atoms with Crippen molar-refractivity contribution >= 4 is 17.2 Å². The molecule has 0 saturated carbocycles. The van der Waals surface area contributed by atoms with Crippen LogP contribution in [0.4, 0.5) is 0 Å². The van der Waals surface area contributed by atoms with Crippen molar-refractivity contribution in [1.82, 2.24) is 5.32 Å². The number of carbonyl (C=O) groups excluding carboxylic acids is 1. The predicted molar refractivity (Wildman–Crippen MR) is 93.9 cm³/mol. The molecule has 23 heavy (non-hydrogen) atoms. The van der Waals surface area contributed by atoms with Crippen LogP contribution < -0.4 is 10.1 Å². The van der Waals surface area contributed by atoms with Crippen LogP contribution in [-0.4, -0.2) is 13.0 Å². The van der Waals surface area contributed by atoms with Gasteiger partial charge in [-0.2, -0.15) is 11.3 Å². The summed E-state index contributed by atoms with van der Waals surface area (Å²) < 4.78 is 5.10. The number of nitrogens with one attached hydrogen (secondary N) is 1. The summed E-state index contributed by atoms with van der Waals surface area (Å²) in [6.45, 7) is 0.497. The van der Waals surface area contributed by atoms with E-state index < -0.39 is 0 Å². The van der Waals surface area contributed by atoms with E-state index in [0.29, 0.717) is 12.1 Å². The number of rotatable bonds is 5. The van der Waals surface area contributed by atoms with Crippen molar-refractivity contribution in [3.05, 3.63) is 76.5 Å². The van der Waals surface area contributed by atoms with Crippen LogP contribution in [0.25, 0.3) is 11.1 Å². The van der Waals surface area contributed by atoms with Crippen molar-refractivity contribution < 1.29 is 9.53 Å². The molecule has 0 aliphatic heterocycles. The Balaban J connectivity index is 1.72. The second-order valence-electron chi connectivity index (χ2n) is 5.08. The molecule has 116 valence electrons. The fourth-order valence-corrected chi connectivity index (χ4v) is 3.05. The third kappa shape index (κ3) is 3.60. The highest BCUT2D eigenvalue weighted by Gasteiger charge is 2.08. The van der Waals surface area contributed by atoms with Gasteiger partial charge < -0.3 is 10.1 Å². The highest BCUT2D eigenvalue weighted by Crippen LogP contribution is 2.25. The molecular formula is C19H17NO2S. The average Bonchev–Trinajstić information content (AvgIpc) is 3.14. The van der Waals surface area contributed by atoms with E-state index in [2.05, 4.69) is 28.2 Å². The van der Waals surface area contributed by atoms with Gasteiger partial charge in [-0.15, -0.1) is 0 Å². The van der Waals surface area contributed by atoms with Gasteiger partial charge >= 0.3 is 0 Å². The Labute approximate surface area is 139 Å². The maximum absolute atomic E-state index is 12.3. The predicted octanol–water partition coefficient (Wildman–Crippen LogP) is 4.35. The van der Waals surface area contributed by atoms with E-state index in [1.54, 1.807) is 42.7 Å². The van der Waals surface area contributed by atoms with E-state index in [9.17, 15) is 4.79 Å². The monoisotopic (exact) mass is 323 g/mol. The van der Waals surface area contributed by atoms with Crippen molar-refractivity contribution in [2.75, 3.05) is 7.11 Å². The fraction of sp³-hybridized carbons (Fsp3) is 0.105. The number of carbonyl (C=O) groups is 1. The van der Waals surface area contributed by atoms with Crippen molar-refractivity contribution in [2.45, 2.75) is 6.54 Å². The molecule has 3 rings (SSSR count). The Morgan fingerprint density at radius 3 is 2.57 bits per heavy atom. The average molecular weight is 323 g/mol. The Hall–Kier alpha value is -2.59. The largest absolute Gasteiger partial charge is 0.497 e. The molecule has 3 nitrogen and oxygen atoms in total. The minimum absolute atomic E-state index is 0.0900. The van der Waals surface area contributed by atoms with Gasteiger partial charge in [-0.1, -0.05) is 24.3 Å². The van der Waals surface area contributed by atoms with Gasteiger partial charge in [0.05, 0.1) is 7.11 Å². The van der Waals surface area contributed by atoms with E-state index in [4.69, 9.17) is 4.74 Å². The molecule has 0 fully saturated rings. The number of benzene rings is 2. The number of hydrogen-bond acceptors (Lipinski definition) is 3. The molecule has 0 saturated heterocycles. The molecule has 0 aliphatic rings. The first kappa shape index (κ1) is 15.3. The molecule has 0 atom stereocenters. The molecular weight excluding hydrogens is 306 g/mol. The van der Waals surface area contributed by atoms with E-state index in [0.717, 1.165) is 16.9 Å². The number of thiophene rings is 1. The Bertz CT molecular complexity index is 779. The highest BCUT2D eigenvalue weighted by molar-refractivity contribution is 7.08. The summed E-state index contributed by atoms with van der Waals surface area (Å²) in [7, 11) is 1.61. The van der Waals surface area contributed by atoms with Crippen LogP contribution in [-0.2, 0) is 6.54 Å². The number of amides is 1. The second-order valence-corrected chi connectivity index (χ2v) is 5.86. The summed E-state index contributed by atoms with van der Waals surface area (Å²) in [5.74, 6) is 0.650. The molecule has 0 bridgehead atoms. The molecule has 3 aromatic rings. The number of ether oxygens (including phenoxy) is 1. The van der Waals surface area contributed by atoms with E-state index in [-0.39, 0.29) is 5.91 Å². The zero-order chi connectivity index (χ0) is 16.1. The van der Waals surface area contributed by atoms with Crippen LogP contribution in [0.5, 0.6) is 5.75 Å². The Morgan fingerprint density at radius 1 is 1.09 bits per heavy atom. The zero-order valence-corrected chi connectivity index (χ0v) is 13.6. The van der Waals surface area contributed by atoms with Crippen molar-refractivity contribution in [1.29, 1.82) is 0 Å². The molecule has 0 aliphatic carbocycles. The van der Waals surface area contributed by atoms with Crippen LogP contribution in [0, 0.1) is 0 Å². The van der Waals surface area contributed by atoms with Crippen molar-refractivity contribution in [2.24, 2.45) is 0 Å². The summed E-state index contributed by atoms with van der Waals surface area (Å²) in [5.41, 5.74) is 4.07. The van der Waals surface area contributed by atoms with Gasteiger partial charge in [0.15, 0.2) is 0 Å². The molecule has 0 unspecified atom stereocenters. The summed E-state index contributed by atoms with van der Waals surface area (Å²) in [4.78, 5) is 12.3. The smallest absolute Gasteiger partial charge is 0.251 e. The lowest BCUT2D eigenvalue weighted by molar-refractivity contribution is 0.0951. The van der Waals surface area contributed by atoms with Gasteiger partial charge in [-0.25, -0.2) is 0 Å². The maximum Gasteiger partial charge on any atom is 0.251 e. The van der Waals surface area contributed by atoms with E-state index in [1.807, 2.05) is 18.2 Å². The third-order valence-corrected chi connectivity index (χ3v) is 4.32. The first-order valence-electron chi connectivity index (χ1n) is 7.30. The van der Waals surface area contributed by atoms with Crippen LogP contribution in [0.3, 0.4) is 0 Å². The van der Waals surface area contributed by atoms with Gasteiger partial charge in [0, 0.05) is 12.1 Å². The van der Waals surface area contributed by atoms with Crippen LogP contribution in [0.2, 0.25) is 0 Å². The van der Waals surface area contributed by atoms with E-state index in [1.165, 1.54) is 5.56 Å². The third-order valence-electron chi connectivity index (χ3n) is 3.64. The van der Waals surface area contributed by atoms with Gasteiger partial charge in [0.2, 0.25) is 0 Å². The molecule has 1 heterocycles. The Kier molecular flexibility index (Phi) is 4.74. The zero-order valence-electron chi connectivity index (χ0n) is 12.8. The van der Waals surface area contributed by atoms with Gasteiger partial charge in [0.1, 0.15) is 5.75 Å². The van der Waals surface area contributed by atoms with Crippen molar-refractivity contribution in [3.63, 3.8) is 0 Å². The van der Waals surface area contributed by atoms with Gasteiger partial charge in [-0.3, -0.25) is 4.79 Å². The van der Waals surface area contributed by atoms with Crippen molar-refractivity contribution in [3.8, 4) is 16.9 Å². The Morgan fingerprint density at radius 2 is 1.87 bits per heavy atom. The summed E-state index contributed by atoms with van der Waals surface area (Å²) in [6.07, 6.45) is 0. The first-order valence-corrected chi connectivity index (χ1v) is 8.25. The van der Waals surface area contributed by atoms with Gasteiger partial charge in [0.25, 0.3) is 5.91 Å². The first-order chi connectivity index (χ1) is 11.3. The number of methoxy groups -OCH3 is 1. The lowest BCUT2D eigenvalue weighted by atomic mass is 10.0. The standard InChI is InChI=1S/C19H17NO2S/c1-22-17-8-6-14(7-9-17)19(21)20-12-15-4-2-3-5-18(15)16-10-11-23-13-16/h2-11,13H,12H2,1H3,(H,20,21). The molecule has 1 N–H and O–H groups in total. The minimum Gasteiger partial charge on any atom is -0.497 e. The molecule has 4 heteroatoms. The van der Waals surface area contributed by atoms with E-state index >= 15 is 0 Å². The highest BCUT2D eigenvalue weighted by atomic mass is 32.1. The molecule has 0 spiro atoms. The lowest BCUT2D eigenvalue weighted by Crippen LogP contribution is -2.23. The second kappa shape index (κ2) is 7.11. The maximum atomic E-state index is 12.3. The fourth-order valence-electron chi connectivity index (χ4n) is 2.39. The summed E-state index contributed by atoms with van der Waals surface area (Å²) in [6, 6.07) is 17.3. The van der Waals surface area contributed by atoms with Crippen LogP contribution >= 0.6 is 11.3 Å². The van der Waals surface area contributed by atoms with Gasteiger partial charge in [-0.05, 0) is 57.8 Å². The SMILES string of the molecule is COc1ccc(C(=O)NCc2ccccc2-c2ccsc2)cc1. The summed E-state index contributed by atoms with van der Waals surface area (Å²) in [5, 5.41) is 7.15. The topological polar surface area (TPSA) is 38.3 Å². The molecule has 2 aromatic carbocycles. The van der Waals surface area contributed by atoms with Crippen LogP contribution in [0.15, 0.2) is 65.4 Å². The number of hydrogen-bond donors (Lipinski definition) is 1. The molecule has 1 amide bonds. The lowest BCUT2D eigenvalue weighted by Gasteiger charge is -2.10. The quantitative estimate of drug-likeness (QED) is 0.758. The molecule has 0 radical (unpaired) electrons. The normalized spacial score (nSPS) is 10.3. The minimum atomic E-state index is -0.0900.